The lowest BCUT2D eigenvalue weighted by atomic mass is 10.1. The third-order valence-corrected chi connectivity index (χ3v) is 4.44. The molecule has 0 saturated heterocycles. The SMILES string of the molecule is COc1cccc(-c2cc(CN(C(=O)C3CC3)C3CC3)no2)c1. The smallest absolute Gasteiger partial charge is 0.226 e. The molecule has 1 amide bonds. The van der Waals surface area contributed by atoms with Crippen LogP contribution in [0.5, 0.6) is 5.75 Å². The van der Waals surface area contributed by atoms with Crippen LogP contribution in [0.4, 0.5) is 0 Å². The molecule has 120 valence electrons. The van der Waals surface area contributed by atoms with E-state index >= 15 is 0 Å². The van der Waals surface area contributed by atoms with Crippen molar-refractivity contribution in [2.24, 2.45) is 5.92 Å². The lowest BCUT2D eigenvalue weighted by Crippen LogP contribution is -2.33. The number of benzene rings is 1. The Kier molecular flexibility index (Phi) is 3.56. The summed E-state index contributed by atoms with van der Waals surface area (Å²) in [6, 6.07) is 10.0. The quantitative estimate of drug-likeness (QED) is 0.821. The van der Waals surface area contributed by atoms with Crippen LogP contribution in [0.25, 0.3) is 11.3 Å². The van der Waals surface area contributed by atoms with Gasteiger partial charge in [-0.15, -0.1) is 0 Å². The highest BCUT2D eigenvalue weighted by Gasteiger charge is 2.40. The van der Waals surface area contributed by atoms with Crippen molar-refractivity contribution in [3.8, 4) is 17.1 Å². The van der Waals surface area contributed by atoms with Gasteiger partial charge in [-0.3, -0.25) is 4.79 Å². The summed E-state index contributed by atoms with van der Waals surface area (Å²) in [6.07, 6.45) is 4.30. The number of carbonyl (C=O) groups is 1. The molecule has 1 aromatic heterocycles. The first-order valence-electron chi connectivity index (χ1n) is 8.15. The number of aromatic nitrogens is 1. The topological polar surface area (TPSA) is 55.6 Å². The molecule has 0 aliphatic heterocycles. The minimum atomic E-state index is 0.250. The van der Waals surface area contributed by atoms with Crippen LogP contribution in [0.3, 0.4) is 0 Å². The van der Waals surface area contributed by atoms with Crippen molar-refractivity contribution in [2.45, 2.75) is 38.3 Å². The van der Waals surface area contributed by atoms with Crippen LogP contribution in [-0.4, -0.2) is 29.1 Å². The average Bonchev–Trinajstić information content (AvgIpc) is 3.50. The highest BCUT2D eigenvalue weighted by molar-refractivity contribution is 5.81. The molecular weight excluding hydrogens is 292 g/mol. The molecule has 2 aromatic rings. The van der Waals surface area contributed by atoms with Gasteiger partial charge in [0.2, 0.25) is 5.91 Å². The van der Waals surface area contributed by atoms with Gasteiger partial charge in [0.15, 0.2) is 5.76 Å². The maximum atomic E-state index is 12.4. The summed E-state index contributed by atoms with van der Waals surface area (Å²) in [5.74, 6) is 2.02. The molecule has 2 fully saturated rings. The van der Waals surface area contributed by atoms with Crippen molar-refractivity contribution in [1.82, 2.24) is 10.1 Å². The molecule has 0 N–H and O–H groups in total. The summed E-state index contributed by atoms with van der Waals surface area (Å²) in [5.41, 5.74) is 1.73. The van der Waals surface area contributed by atoms with Crippen LogP contribution in [0.2, 0.25) is 0 Å². The maximum absolute atomic E-state index is 12.4. The Balaban J connectivity index is 1.51. The van der Waals surface area contributed by atoms with Gasteiger partial charge in [0.25, 0.3) is 0 Å². The Hall–Kier alpha value is -2.30. The molecule has 0 radical (unpaired) electrons. The van der Waals surface area contributed by atoms with Crippen LogP contribution in [0, 0.1) is 5.92 Å². The second-order valence-electron chi connectivity index (χ2n) is 6.39. The highest BCUT2D eigenvalue weighted by Crippen LogP contribution is 2.37. The van der Waals surface area contributed by atoms with Gasteiger partial charge in [0, 0.05) is 23.6 Å². The lowest BCUT2D eigenvalue weighted by molar-refractivity contribution is -0.133. The molecule has 23 heavy (non-hydrogen) atoms. The Morgan fingerprint density at radius 1 is 1.30 bits per heavy atom. The monoisotopic (exact) mass is 312 g/mol. The van der Waals surface area contributed by atoms with Crippen molar-refractivity contribution < 1.29 is 14.1 Å². The molecule has 0 atom stereocenters. The normalized spacial score (nSPS) is 17.1. The third kappa shape index (κ3) is 3.09. The summed E-state index contributed by atoms with van der Waals surface area (Å²) in [6.45, 7) is 0.549. The van der Waals surface area contributed by atoms with E-state index in [0.29, 0.717) is 24.3 Å². The van der Waals surface area contributed by atoms with E-state index in [1.807, 2.05) is 35.2 Å². The minimum absolute atomic E-state index is 0.250. The summed E-state index contributed by atoms with van der Waals surface area (Å²) in [7, 11) is 1.64. The maximum Gasteiger partial charge on any atom is 0.226 e. The lowest BCUT2D eigenvalue weighted by Gasteiger charge is -2.20. The largest absolute Gasteiger partial charge is 0.497 e. The molecule has 1 aromatic carbocycles. The molecule has 0 spiro atoms. The van der Waals surface area contributed by atoms with E-state index < -0.39 is 0 Å². The first-order valence-corrected chi connectivity index (χ1v) is 8.15. The summed E-state index contributed by atoms with van der Waals surface area (Å²) in [5, 5.41) is 4.15. The van der Waals surface area contributed by atoms with Crippen LogP contribution < -0.4 is 4.74 Å². The van der Waals surface area contributed by atoms with Gasteiger partial charge in [-0.2, -0.15) is 0 Å². The number of carbonyl (C=O) groups excluding carboxylic acids is 1. The van der Waals surface area contributed by atoms with Crippen LogP contribution in [0.15, 0.2) is 34.9 Å². The van der Waals surface area contributed by atoms with Crippen molar-refractivity contribution >= 4 is 5.91 Å². The average molecular weight is 312 g/mol. The van der Waals surface area contributed by atoms with Crippen LogP contribution >= 0.6 is 0 Å². The predicted molar refractivity (Wildman–Crippen MR) is 84.8 cm³/mol. The van der Waals surface area contributed by atoms with E-state index in [2.05, 4.69) is 5.16 Å². The number of ether oxygens (including phenoxy) is 1. The number of amides is 1. The first-order chi connectivity index (χ1) is 11.2. The van der Waals surface area contributed by atoms with Gasteiger partial charge >= 0.3 is 0 Å². The fourth-order valence-electron chi connectivity index (χ4n) is 2.81. The molecule has 5 heteroatoms. The molecule has 4 rings (SSSR count). The molecule has 0 unspecified atom stereocenters. The van der Waals surface area contributed by atoms with Crippen molar-refractivity contribution in [2.75, 3.05) is 7.11 Å². The Bertz CT molecular complexity index is 717. The predicted octanol–water partition coefficient (Wildman–Crippen LogP) is 3.25. The molecule has 0 bridgehead atoms. The molecule has 2 aliphatic rings. The van der Waals surface area contributed by atoms with Gasteiger partial charge in [-0.25, -0.2) is 0 Å². The van der Waals surface area contributed by atoms with E-state index in [0.717, 1.165) is 42.7 Å². The van der Waals surface area contributed by atoms with Gasteiger partial charge < -0.3 is 14.2 Å². The van der Waals surface area contributed by atoms with Gasteiger partial charge in [-0.1, -0.05) is 17.3 Å². The van der Waals surface area contributed by atoms with E-state index in [1.54, 1.807) is 7.11 Å². The number of hydrogen-bond donors (Lipinski definition) is 0. The zero-order valence-corrected chi connectivity index (χ0v) is 13.2. The zero-order chi connectivity index (χ0) is 15.8. The van der Waals surface area contributed by atoms with Gasteiger partial charge in [0.1, 0.15) is 11.4 Å². The summed E-state index contributed by atoms with van der Waals surface area (Å²) >= 11 is 0. The summed E-state index contributed by atoms with van der Waals surface area (Å²) < 4.78 is 10.7. The molecule has 2 aliphatic carbocycles. The highest BCUT2D eigenvalue weighted by atomic mass is 16.5. The second kappa shape index (κ2) is 5.72. The fourth-order valence-corrected chi connectivity index (χ4v) is 2.81. The molecular formula is C18H20N2O3. The van der Waals surface area contributed by atoms with E-state index in [-0.39, 0.29) is 5.92 Å². The number of hydrogen-bond acceptors (Lipinski definition) is 4. The molecule has 1 heterocycles. The van der Waals surface area contributed by atoms with Crippen molar-refractivity contribution in [1.29, 1.82) is 0 Å². The molecule has 2 saturated carbocycles. The Morgan fingerprint density at radius 3 is 2.83 bits per heavy atom. The first kappa shape index (κ1) is 14.3. The standard InChI is InChI=1S/C18H20N2O3/c1-22-16-4-2-3-13(9-16)17-10-14(19-23-17)11-20(15-7-8-15)18(21)12-5-6-12/h2-4,9-10,12,15H,5-8,11H2,1H3. The number of nitrogens with zero attached hydrogens (tertiary/aromatic N) is 2. The Morgan fingerprint density at radius 2 is 2.13 bits per heavy atom. The third-order valence-electron chi connectivity index (χ3n) is 4.44. The summed E-state index contributed by atoms with van der Waals surface area (Å²) in [4.78, 5) is 14.4. The zero-order valence-electron chi connectivity index (χ0n) is 13.2. The van der Waals surface area contributed by atoms with Crippen molar-refractivity contribution in [3.05, 3.63) is 36.0 Å². The van der Waals surface area contributed by atoms with Crippen LogP contribution in [-0.2, 0) is 11.3 Å². The second-order valence-corrected chi connectivity index (χ2v) is 6.39. The van der Waals surface area contributed by atoms with Gasteiger partial charge in [-0.05, 0) is 37.8 Å². The number of methoxy groups -OCH3 is 1. The van der Waals surface area contributed by atoms with E-state index in [9.17, 15) is 4.79 Å². The fraction of sp³-hybridized carbons (Fsp3) is 0.444. The van der Waals surface area contributed by atoms with E-state index in [1.165, 1.54) is 0 Å². The Labute approximate surface area is 135 Å². The van der Waals surface area contributed by atoms with E-state index in [4.69, 9.17) is 9.26 Å². The van der Waals surface area contributed by atoms with Crippen LogP contribution in [0.1, 0.15) is 31.4 Å². The number of rotatable bonds is 6. The molecule has 5 nitrogen and oxygen atoms in total. The van der Waals surface area contributed by atoms with Crippen molar-refractivity contribution in [3.63, 3.8) is 0 Å². The van der Waals surface area contributed by atoms with Gasteiger partial charge in [0.05, 0.1) is 13.7 Å². The minimum Gasteiger partial charge on any atom is -0.497 e.